The van der Waals surface area contributed by atoms with E-state index in [0.29, 0.717) is 21.2 Å². The predicted molar refractivity (Wildman–Crippen MR) is 103 cm³/mol. The average molecular weight is 367 g/mol. The Labute approximate surface area is 155 Å². The minimum absolute atomic E-state index is 0.0300. The number of benzene rings is 2. The van der Waals surface area contributed by atoms with E-state index in [4.69, 9.17) is 4.74 Å². The Balaban J connectivity index is 2.06. The first-order chi connectivity index (χ1) is 12.6. The minimum Gasteiger partial charge on any atom is -0.507 e. The van der Waals surface area contributed by atoms with Gasteiger partial charge in [0.2, 0.25) is 0 Å². The number of phenolic OH excluding ortho intramolecular Hbond substituents is 1. The van der Waals surface area contributed by atoms with Crippen molar-refractivity contribution in [2.45, 2.75) is 6.92 Å². The number of ether oxygens (including phenoxy) is 1. The van der Waals surface area contributed by atoms with Gasteiger partial charge in [0.1, 0.15) is 22.1 Å². The van der Waals surface area contributed by atoms with Gasteiger partial charge in [-0.15, -0.1) is 0 Å². The van der Waals surface area contributed by atoms with E-state index in [1.165, 1.54) is 0 Å². The molecule has 0 spiro atoms. The SMILES string of the molecule is CCOC(=O)C1=C(O)/C(=C/c2ccccc2O)SC1=Nc1ccccc1. The van der Waals surface area contributed by atoms with Crippen molar-refractivity contribution in [1.29, 1.82) is 0 Å². The van der Waals surface area contributed by atoms with Crippen LogP contribution in [0.4, 0.5) is 5.69 Å². The molecule has 3 rings (SSSR count). The van der Waals surface area contributed by atoms with Crippen molar-refractivity contribution in [3.63, 3.8) is 0 Å². The van der Waals surface area contributed by atoms with Crippen LogP contribution in [0.2, 0.25) is 0 Å². The number of aromatic hydroxyl groups is 1. The standard InChI is InChI=1S/C20H17NO4S/c1-2-25-20(24)17-18(23)16(12-13-8-6-7-11-15(13)22)26-19(17)21-14-9-4-3-5-10-14/h3-12,22-23H,2H2,1H3/b16-12-,21-19?. The van der Waals surface area contributed by atoms with Crippen LogP contribution in [0.25, 0.3) is 6.08 Å². The van der Waals surface area contributed by atoms with Crippen molar-refractivity contribution >= 4 is 34.5 Å². The lowest BCUT2D eigenvalue weighted by Gasteiger charge is -2.03. The fourth-order valence-corrected chi connectivity index (χ4v) is 3.39. The molecule has 2 aromatic carbocycles. The van der Waals surface area contributed by atoms with Gasteiger partial charge in [0, 0.05) is 5.56 Å². The van der Waals surface area contributed by atoms with E-state index in [1.807, 2.05) is 18.2 Å². The average Bonchev–Trinajstić information content (AvgIpc) is 2.93. The topological polar surface area (TPSA) is 79.1 Å². The molecule has 5 nitrogen and oxygen atoms in total. The third-order valence-electron chi connectivity index (χ3n) is 3.58. The molecule has 1 aliphatic heterocycles. The number of rotatable bonds is 4. The molecule has 0 saturated carbocycles. The Bertz CT molecular complexity index is 916. The molecule has 1 aliphatic rings. The number of thioether (sulfide) groups is 1. The van der Waals surface area contributed by atoms with Crippen LogP contribution in [-0.2, 0) is 9.53 Å². The molecular formula is C20H17NO4S. The molecule has 0 unspecified atom stereocenters. The number of carbonyl (C=O) groups excluding carboxylic acids is 1. The maximum absolute atomic E-state index is 12.3. The monoisotopic (exact) mass is 367 g/mol. The largest absolute Gasteiger partial charge is 0.507 e. The molecule has 2 N–H and O–H groups in total. The van der Waals surface area contributed by atoms with Crippen molar-refractivity contribution in [1.82, 2.24) is 0 Å². The van der Waals surface area contributed by atoms with Crippen LogP contribution in [0.1, 0.15) is 12.5 Å². The van der Waals surface area contributed by atoms with Crippen molar-refractivity contribution in [2.24, 2.45) is 4.99 Å². The van der Waals surface area contributed by atoms with E-state index in [2.05, 4.69) is 4.99 Å². The number of aliphatic imine (C=N–C) groups is 1. The van der Waals surface area contributed by atoms with Gasteiger partial charge in [0.05, 0.1) is 17.2 Å². The first kappa shape index (κ1) is 17.8. The number of esters is 1. The third kappa shape index (κ3) is 3.81. The molecule has 0 fully saturated rings. The lowest BCUT2D eigenvalue weighted by molar-refractivity contribution is -0.138. The summed E-state index contributed by atoms with van der Waals surface area (Å²) in [6, 6.07) is 15.9. The van der Waals surface area contributed by atoms with Crippen molar-refractivity contribution < 1.29 is 19.7 Å². The van der Waals surface area contributed by atoms with Crippen LogP contribution in [0.15, 0.2) is 75.8 Å². The van der Waals surface area contributed by atoms with Gasteiger partial charge in [-0.3, -0.25) is 0 Å². The molecule has 0 amide bonds. The van der Waals surface area contributed by atoms with Gasteiger partial charge in [-0.25, -0.2) is 9.79 Å². The van der Waals surface area contributed by atoms with Gasteiger partial charge in [-0.05, 0) is 31.2 Å². The molecule has 0 bridgehead atoms. The Morgan fingerprint density at radius 1 is 1.12 bits per heavy atom. The molecule has 2 aromatic rings. The summed E-state index contributed by atoms with van der Waals surface area (Å²) < 4.78 is 5.06. The Morgan fingerprint density at radius 2 is 1.81 bits per heavy atom. The van der Waals surface area contributed by atoms with Crippen LogP contribution in [-0.4, -0.2) is 27.8 Å². The highest BCUT2D eigenvalue weighted by Crippen LogP contribution is 2.40. The smallest absolute Gasteiger partial charge is 0.344 e. The lowest BCUT2D eigenvalue weighted by Crippen LogP contribution is -2.12. The third-order valence-corrected chi connectivity index (χ3v) is 4.60. The summed E-state index contributed by atoms with van der Waals surface area (Å²) in [4.78, 5) is 17.2. The first-order valence-corrected chi connectivity index (χ1v) is 8.84. The van der Waals surface area contributed by atoms with E-state index in [-0.39, 0.29) is 23.7 Å². The van der Waals surface area contributed by atoms with Gasteiger partial charge in [0.25, 0.3) is 0 Å². The molecule has 0 atom stereocenters. The molecule has 0 aliphatic carbocycles. The molecule has 1 heterocycles. The second-order valence-electron chi connectivity index (χ2n) is 5.37. The van der Waals surface area contributed by atoms with Gasteiger partial charge in [-0.2, -0.15) is 0 Å². The number of hydrogen-bond donors (Lipinski definition) is 2. The Kier molecular flexibility index (Phi) is 5.43. The molecule has 132 valence electrons. The summed E-state index contributed by atoms with van der Waals surface area (Å²) in [5.74, 6) is -0.751. The van der Waals surface area contributed by atoms with E-state index >= 15 is 0 Å². The minimum atomic E-state index is -0.632. The Morgan fingerprint density at radius 3 is 2.50 bits per heavy atom. The highest BCUT2D eigenvalue weighted by atomic mass is 32.2. The second kappa shape index (κ2) is 7.93. The second-order valence-corrected chi connectivity index (χ2v) is 6.40. The number of aliphatic hydroxyl groups excluding tert-OH is 1. The summed E-state index contributed by atoms with van der Waals surface area (Å²) in [6.45, 7) is 1.89. The zero-order valence-electron chi connectivity index (χ0n) is 14.0. The summed E-state index contributed by atoms with van der Waals surface area (Å²) in [5.41, 5.74) is 1.22. The van der Waals surface area contributed by atoms with Crippen LogP contribution in [0, 0.1) is 0 Å². The molecule has 0 radical (unpaired) electrons. The molecular weight excluding hydrogens is 350 g/mol. The zero-order chi connectivity index (χ0) is 18.5. The number of nitrogens with zero attached hydrogens (tertiary/aromatic N) is 1. The number of carbonyl (C=O) groups is 1. The lowest BCUT2D eigenvalue weighted by atomic mass is 10.1. The van der Waals surface area contributed by atoms with Crippen molar-refractivity contribution in [3.8, 4) is 5.75 Å². The van der Waals surface area contributed by atoms with E-state index in [9.17, 15) is 15.0 Å². The summed E-state index contributed by atoms with van der Waals surface area (Å²) in [7, 11) is 0. The highest BCUT2D eigenvalue weighted by molar-refractivity contribution is 8.18. The van der Waals surface area contributed by atoms with Gasteiger partial charge < -0.3 is 14.9 Å². The fourth-order valence-electron chi connectivity index (χ4n) is 2.36. The van der Waals surface area contributed by atoms with Crippen LogP contribution >= 0.6 is 11.8 Å². The molecule has 26 heavy (non-hydrogen) atoms. The van der Waals surface area contributed by atoms with Gasteiger partial charge in [0.15, 0.2) is 0 Å². The van der Waals surface area contributed by atoms with Crippen LogP contribution < -0.4 is 0 Å². The number of phenols is 1. The van der Waals surface area contributed by atoms with E-state index in [1.54, 1.807) is 49.4 Å². The predicted octanol–water partition coefficient (Wildman–Crippen LogP) is 4.59. The number of aliphatic hydroxyl groups is 1. The summed E-state index contributed by atoms with van der Waals surface area (Å²) in [5, 5.41) is 20.9. The number of para-hydroxylation sites is 2. The van der Waals surface area contributed by atoms with Gasteiger partial charge >= 0.3 is 5.97 Å². The maximum atomic E-state index is 12.3. The normalized spacial score (nSPS) is 17.1. The quantitative estimate of drug-likeness (QED) is 0.773. The van der Waals surface area contributed by atoms with Crippen molar-refractivity contribution in [2.75, 3.05) is 6.61 Å². The highest BCUT2D eigenvalue weighted by Gasteiger charge is 2.33. The zero-order valence-corrected chi connectivity index (χ0v) is 14.9. The first-order valence-electron chi connectivity index (χ1n) is 8.02. The van der Waals surface area contributed by atoms with Crippen LogP contribution in [0.3, 0.4) is 0 Å². The number of hydrogen-bond acceptors (Lipinski definition) is 6. The van der Waals surface area contributed by atoms with Gasteiger partial charge in [-0.1, -0.05) is 48.2 Å². The molecule has 0 saturated heterocycles. The maximum Gasteiger partial charge on any atom is 0.344 e. The fraction of sp³-hybridized carbons (Fsp3) is 0.100. The van der Waals surface area contributed by atoms with E-state index in [0.717, 1.165) is 11.8 Å². The molecule has 6 heteroatoms. The van der Waals surface area contributed by atoms with Crippen molar-refractivity contribution in [3.05, 3.63) is 76.4 Å². The summed E-state index contributed by atoms with van der Waals surface area (Å²) in [6.07, 6.45) is 1.61. The summed E-state index contributed by atoms with van der Waals surface area (Å²) >= 11 is 1.15. The van der Waals surface area contributed by atoms with Crippen LogP contribution in [0.5, 0.6) is 5.75 Å². The Hall–Kier alpha value is -2.99. The molecule has 0 aromatic heterocycles. The van der Waals surface area contributed by atoms with E-state index < -0.39 is 5.97 Å².